The van der Waals surface area contributed by atoms with Crippen LogP contribution in [0.15, 0.2) is 12.7 Å². The molecule has 0 aliphatic carbocycles. The van der Waals surface area contributed by atoms with E-state index in [9.17, 15) is 15.0 Å². The molecular formula is C17H29N8O4S+. The lowest BCUT2D eigenvalue weighted by molar-refractivity contribution is -0.122. The molecule has 0 radical (unpaired) electrons. The maximum absolute atomic E-state index is 11.8. The Labute approximate surface area is 176 Å². The minimum absolute atomic E-state index is 0.182. The molecule has 1 unspecified atom stereocenters. The summed E-state index contributed by atoms with van der Waals surface area (Å²) in [5.41, 5.74) is 17.9. The maximum atomic E-state index is 11.8. The third-order valence-corrected chi connectivity index (χ3v) is 6.84. The van der Waals surface area contributed by atoms with E-state index in [1.807, 2.05) is 6.26 Å². The van der Waals surface area contributed by atoms with Crippen LogP contribution in [0.3, 0.4) is 0 Å². The van der Waals surface area contributed by atoms with Gasteiger partial charge in [0.05, 0.1) is 18.6 Å². The SMILES string of the molecule is C[S+](CC[C@H](N)C(=O)NCCN)C[C@H]1O[C@@H](n2cnc3c(N)ncnc32)[C@H](O)[C@@H]1O. The third kappa shape index (κ3) is 4.82. The van der Waals surface area contributed by atoms with Gasteiger partial charge in [-0.3, -0.25) is 9.36 Å². The summed E-state index contributed by atoms with van der Waals surface area (Å²) >= 11 is 0. The van der Waals surface area contributed by atoms with Crippen LogP contribution in [0.4, 0.5) is 5.82 Å². The number of fused-ring (bicyclic) bond motifs is 1. The van der Waals surface area contributed by atoms with Gasteiger partial charge in [0.2, 0.25) is 5.91 Å². The van der Waals surface area contributed by atoms with Crippen LogP contribution in [-0.2, 0) is 20.4 Å². The highest BCUT2D eigenvalue weighted by Gasteiger charge is 2.46. The van der Waals surface area contributed by atoms with Crippen molar-refractivity contribution in [2.45, 2.75) is 37.0 Å². The lowest BCUT2D eigenvalue weighted by atomic mass is 10.1. The highest BCUT2D eigenvalue weighted by Crippen LogP contribution is 2.32. The summed E-state index contributed by atoms with van der Waals surface area (Å²) in [7, 11) is -0.182. The van der Waals surface area contributed by atoms with Gasteiger partial charge in [0.1, 0.15) is 41.7 Å². The number of rotatable bonds is 9. The second kappa shape index (κ2) is 9.85. The first-order valence-corrected chi connectivity index (χ1v) is 11.6. The number of imidazole rings is 1. The van der Waals surface area contributed by atoms with Crippen LogP contribution in [0.2, 0.25) is 0 Å². The van der Waals surface area contributed by atoms with Crippen molar-refractivity contribution in [2.24, 2.45) is 11.5 Å². The van der Waals surface area contributed by atoms with Crippen LogP contribution in [0.25, 0.3) is 11.2 Å². The van der Waals surface area contributed by atoms with Crippen molar-refractivity contribution in [2.75, 3.05) is 36.6 Å². The van der Waals surface area contributed by atoms with Crippen LogP contribution >= 0.6 is 0 Å². The molecule has 1 aliphatic rings. The Balaban J connectivity index is 1.58. The van der Waals surface area contributed by atoms with Gasteiger partial charge in [0, 0.05) is 19.5 Å². The quantitative estimate of drug-likeness (QED) is 0.219. The van der Waals surface area contributed by atoms with Gasteiger partial charge in [0.25, 0.3) is 0 Å². The minimum atomic E-state index is -1.15. The monoisotopic (exact) mass is 441 g/mol. The number of aromatic nitrogens is 4. The largest absolute Gasteiger partial charge is 0.387 e. The highest BCUT2D eigenvalue weighted by molar-refractivity contribution is 7.96. The summed E-state index contributed by atoms with van der Waals surface area (Å²) in [4.78, 5) is 24.1. The summed E-state index contributed by atoms with van der Waals surface area (Å²) in [6.07, 6.45) is 1.66. The molecule has 9 N–H and O–H groups in total. The number of nitrogen functional groups attached to an aromatic ring is 1. The fourth-order valence-electron chi connectivity index (χ4n) is 3.30. The summed E-state index contributed by atoms with van der Waals surface area (Å²) in [5.74, 6) is 1.22. The van der Waals surface area contributed by atoms with Gasteiger partial charge >= 0.3 is 0 Å². The Morgan fingerprint density at radius 2 is 2.13 bits per heavy atom. The van der Waals surface area contributed by atoms with Gasteiger partial charge < -0.3 is 37.5 Å². The first kappa shape index (κ1) is 22.7. The van der Waals surface area contributed by atoms with Crippen LogP contribution in [-0.4, -0.2) is 90.8 Å². The molecule has 3 rings (SSSR count). The average molecular weight is 442 g/mol. The van der Waals surface area contributed by atoms with E-state index in [1.54, 1.807) is 4.57 Å². The van der Waals surface area contributed by atoms with Gasteiger partial charge in [-0.15, -0.1) is 0 Å². The number of aliphatic hydroxyl groups excluding tert-OH is 2. The predicted molar refractivity (Wildman–Crippen MR) is 113 cm³/mol. The van der Waals surface area contributed by atoms with Crippen molar-refractivity contribution in [3.8, 4) is 0 Å². The molecule has 3 heterocycles. The normalized spacial score (nSPS) is 26.0. The van der Waals surface area contributed by atoms with Gasteiger partial charge in [0.15, 0.2) is 17.7 Å². The summed E-state index contributed by atoms with van der Waals surface area (Å²) in [6, 6.07) is -0.610. The first-order chi connectivity index (χ1) is 14.3. The molecule has 166 valence electrons. The molecule has 12 nitrogen and oxygen atoms in total. The number of hydrogen-bond acceptors (Lipinski definition) is 10. The molecule has 0 bridgehead atoms. The third-order valence-electron chi connectivity index (χ3n) is 5.00. The topological polar surface area (TPSA) is 200 Å². The van der Waals surface area contributed by atoms with E-state index in [-0.39, 0.29) is 22.6 Å². The number of ether oxygens (including phenoxy) is 1. The Hall–Kier alpha value is -2.03. The second-order valence-electron chi connectivity index (χ2n) is 7.26. The molecule has 13 heteroatoms. The van der Waals surface area contributed by atoms with Crippen molar-refractivity contribution in [3.05, 3.63) is 12.7 Å². The molecule has 0 saturated carbocycles. The molecule has 30 heavy (non-hydrogen) atoms. The number of nitrogens with zero attached hydrogens (tertiary/aromatic N) is 4. The summed E-state index contributed by atoms with van der Waals surface area (Å²) < 4.78 is 7.51. The number of amides is 1. The maximum Gasteiger partial charge on any atom is 0.237 e. The van der Waals surface area contributed by atoms with Crippen molar-refractivity contribution < 1.29 is 19.7 Å². The van der Waals surface area contributed by atoms with E-state index in [0.717, 1.165) is 0 Å². The Bertz CT molecular complexity index is 867. The van der Waals surface area contributed by atoms with E-state index in [1.165, 1.54) is 12.7 Å². The van der Waals surface area contributed by atoms with E-state index in [0.29, 0.717) is 42.2 Å². The molecule has 0 aromatic carbocycles. The molecule has 6 atom stereocenters. The van der Waals surface area contributed by atoms with Gasteiger partial charge in [-0.25, -0.2) is 15.0 Å². The first-order valence-electron chi connectivity index (χ1n) is 9.60. The average Bonchev–Trinajstić information content (AvgIpc) is 3.27. The van der Waals surface area contributed by atoms with Crippen molar-refractivity contribution >= 4 is 33.8 Å². The van der Waals surface area contributed by atoms with Gasteiger partial charge in [-0.05, 0) is 10.9 Å². The standard InChI is InChI=1S/C17H28N8O4S/c1-30(5-2-9(19)16(28)21-4-3-18)6-10-12(26)13(27)17(29-10)25-8-24-11-14(20)22-7-23-15(11)25/h7-10,12-13,17,26-27H,2-6,18-19H2,1H3,(H2-,20,21,22,23,28)/p+1/t9-,10+,12+,13+,17+,30?/m0/s1. The molecule has 1 aliphatic heterocycles. The fraction of sp³-hybridized carbons (Fsp3) is 0.647. The van der Waals surface area contributed by atoms with Crippen molar-refractivity contribution in [1.29, 1.82) is 0 Å². The molecule has 1 amide bonds. The number of nitrogens with one attached hydrogen (secondary N) is 1. The number of carbonyl (C=O) groups excluding carboxylic acids is 1. The van der Waals surface area contributed by atoms with E-state index >= 15 is 0 Å². The molecule has 0 spiro atoms. The fourth-order valence-corrected chi connectivity index (χ4v) is 4.96. The summed E-state index contributed by atoms with van der Waals surface area (Å²) in [5, 5.41) is 23.7. The van der Waals surface area contributed by atoms with Crippen LogP contribution in [0.1, 0.15) is 12.6 Å². The second-order valence-corrected chi connectivity index (χ2v) is 9.56. The molecule has 2 aromatic rings. The molecule has 2 aromatic heterocycles. The lowest BCUT2D eigenvalue weighted by Gasteiger charge is -2.16. The van der Waals surface area contributed by atoms with E-state index in [4.69, 9.17) is 21.9 Å². The Morgan fingerprint density at radius 1 is 1.37 bits per heavy atom. The van der Waals surface area contributed by atoms with Crippen LogP contribution in [0, 0.1) is 0 Å². The van der Waals surface area contributed by atoms with Crippen LogP contribution < -0.4 is 22.5 Å². The lowest BCUT2D eigenvalue weighted by Crippen LogP contribution is -2.43. The number of carbonyl (C=O) groups is 1. The molecule has 1 fully saturated rings. The van der Waals surface area contributed by atoms with Crippen LogP contribution in [0.5, 0.6) is 0 Å². The van der Waals surface area contributed by atoms with Crippen molar-refractivity contribution in [3.63, 3.8) is 0 Å². The zero-order chi connectivity index (χ0) is 21.8. The molecule has 1 saturated heterocycles. The van der Waals surface area contributed by atoms with E-state index in [2.05, 4.69) is 20.3 Å². The minimum Gasteiger partial charge on any atom is -0.387 e. The number of nitrogens with two attached hydrogens (primary N) is 3. The number of anilines is 1. The van der Waals surface area contributed by atoms with Gasteiger partial charge in [-0.2, -0.15) is 0 Å². The van der Waals surface area contributed by atoms with E-state index < -0.39 is 30.6 Å². The zero-order valence-electron chi connectivity index (χ0n) is 16.7. The van der Waals surface area contributed by atoms with Crippen molar-refractivity contribution in [1.82, 2.24) is 24.8 Å². The molecular weight excluding hydrogens is 412 g/mol. The smallest absolute Gasteiger partial charge is 0.237 e. The highest BCUT2D eigenvalue weighted by atomic mass is 32.2. The Morgan fingerprint density at radius 3 is 2.87 bits per heavy atom. The predicted octanol–water partition coefficient (Wildman–Crippen LogP) is -2.93. The summed E-state index contributed by atoms with van der Waals surface area (Å²) in [6.45, 7) is 0.757. The Kier molecular flexibility index (Phi) is 7.44. The zero-order valence-corrected chi connectivity index (χ0v) is 17.5. The number of hydrogen-bond donors (Lipinski definition) is 6. The number of aliphatic hydroxyl groups is 2. The van der Waals surface area contributed by atoms with Gasteiger partial charge in [-0.1, -0.05) is 0 Å².